The maximum atomic E-state index is 13.1. The molecule has 39 heavy (non-hydrogen) atoms. The van der Waals surface area contributed by atoms with E-state index in [0.29, 0.717) is 20.9 Å². The molecule has 0 fully saturated rings. The highest BCUT2D eigenvalue weighted by molar-refractivity contribution is 7.20. The van der Waals surface area contributed by atoms with E-state index in [1.165, 1.54) is 17.7 Å². The number of aromatic nitrogens is 3. The van der Waals surface area contributed by atoms with Gasteiger partial charge in [0.1, 0.15) is 17.0 Å². The Morgan fingerprint density at radius 3 is 2.23 bits per heavy atom. The van der Waals surface area contributed by atoms with Crippen LogP contribution < -0.4 is 11.2 Å². The Morgan fingerprint density at radius 2 is 1.56 bits per heavy atom. The molecule has 3 aromatic heterocycles. The number of amides is 1. The van der Waals surface area contributed by atoms with Crippen LogP contribution in [0.2, 0.25) is 0 Å². The number of thiophene rings is 1. The molecule has 0 unspecified atom stereocenters. The lowest BCUT2D eigenvalue weighted by Crippen LogP contribution is -2.17. The minimum atomic E-state index is -0.321. The number of nitrogens with two attached hydrogens (primary N) is 1. The van der Waals surface area contributed by atoms with Crippen molar-refractivity contribution in [3.05, 3.63) is 119 Å². The number of nitrogens with one attached hydrogen (secondary N) is 1. The standard InChI is InChI=1S/C31H24N6OS/c1-20-26-29(32)33-19-34-31(26)39-28(20)30(38)36-35-18-23-17-25(21-11-5-2-6-12-21)37(24-15-9-4-10-16-24)27(23)22-13-7-3-8-14-22/h2-19H,1H3,(H,36,38)(H2,32,33,34)/b35-18-. The SMILES string of the molecule is Cc1c(C(=O)N/N=C\c2cc(-c3ccccc3)n(-c3ccccc3)c2-c2ccccc2)sc2ncnc(N)c12. The van der Waals surface area contributed by atoms with E-state index >= 15 is 0 Å². The van der Waals surface area contributed by atoms with E-state index < -0.39 is 0 Å². The third-order valence-corrected chi connectivity index (χ3v) is 7.69. The third kappa shape index (κ3) is 4.58. The molecule has 0 saturated heterocycles. The average molecular weight is 529 g/mol. The van der Waals surface area contributed by atoms with Crippen molar-refractivity contribution in [3.63, 3.8) is 0 Å². The summed E-state index contributed by atoms with van der Waals surface area (Å²) < 4.78 is 2.23. The molecular weight excluding hydrogens is 504 g/mol. The first kappa shape index (κ1) is 24.3. The molecule has 0 aliphatic heterocycles. The predicted molar refractivity (Wildman–Crippen MR) is 158 cm³/mol. The number of hydrogen-bond donors (Lipinski definition) is 2. The van der Waals surface area contributed by atoms with Crippen molar-refractivity contribution >= 4 is 39.5 Å². The summed E-state index contributed by atoms with van der Waals surface area (Å²) in [6.07, 6.45) is 3.10. The van der Waals surface area contributed by atoms with Gasteiger partial charge in [-0.2, -0.15) is 5.10 Å². The zero-order chi connectivity index (χ0) is 26.8. The monoisotopic (exact) mass is 528 g/mol. The number of carbonyl (C=O) groups is 1. The molecule has 1 amide bonds. The number of benzene rings is 3. The molecule has 3 N–H and O–H groups in total. The van der Waals surface area contributed by atoms with Crippen LogP contribution in [0.5, 0.6) is 0 Å². The molecule has 3 heterocycles. The molecule has 190 valence electrons. The van der Waals surface area contributed by atoms with Gasteiger partial charge in [0.05, 0.1) is 27.9 Å². The topological polar surface area (TPSA) is 98.2 Å². The fraction of sp³-hybridized carbons (Fsp3) is 0.0323. The summed E-state index contributed by atoms with van der Waals surface area (Å²) >= 11 is 1.27. The van der Waals surface area contributed by atoms with Gasteiger partial charge in [0.15, 0.2) is 0 Å². The zero-order valence-electron chi connectivity index (χ0n) is 21.1. The quantitative estimate of drug-likeness (QED) is 0.191. The van der Waals surface area contributed by atoms with Gasteiger partial charge in [-0.3, -0.25) is 4.79 Å². The van der Waals surface area contributed by atoms with Crippen LogP contribution in [0.4, 0.5) is 5.82 Å². The van der Waals surface area contributed by atoms with Crippen molar-refractivity contribution in [2.24, 2.45) is 5.10 Å². The van der Waals surface area contributed by atoms with Crippen molar-refractivity contribution in [1.82, 2.24) is 20.0 Å². The van der Waals surface area contributed by atoms with Gasteiger partial charge in [0.2, 0.25) is 0 Å². The molecule has 8 heteroatoms. The second kappa shape index (κ2) is 10.4. The Balaban J connectivity index is 1.44. The number of hydrazone groups is 1. The van der Waals surface area contributed by atoms with Crippen LogP contribution in [0.15, 0.2) is 108 Å². The Labute approximate surface area is 229 Å². The third-order valence-electron chi connectivity index (χ3n) is 6.49. The molecule has 0 atom stereocenters. The smallest absolute Gasteiger partial charge is 0.281 e. The van der Waals surface area contributed by atoms with Crippen molar-refractivity contribution in [2.75, 3.05) is 5.73 Å². The number of nitrogens with zero attached hydrogens (tertiary/aromatic N) is 4. The Hall–Kier alpha value is -5.08. The second-order valence-electron chi connectivity index (χ2n) is 8.93. The van der Waals surface area contributed by atoms with Gasteiger partial charge in [-0.25, -0.2) is 15.4 Å². The van der Waals surface area contributed by atoms with Gasteiger partial charge in [0, 0.05) is 11.3 Å². The minimum absolute atomic E-state index is 0.321. The van der Waals surface area contributed by atoms with Crippen LogP contribution in [0, 0.1) is 6.92 Å². The van der Waals surface area contributed by atoms with Crippen molar-refractivity contribution in [1.29, 1.82) is 0 Å². The molecular formula is C31H24N6OS. The number of aryl methyl sites for hydroxylation is 1. The van der Waals surface area contributed by atoms with Crippen molar-refractivity contribution in [3.8, 4) is 28.2 Å². The number of rotatable bonds is 6. The first-order valence-corrected chi connectivity index (χ1v) is 13.2. The molecule has 7 nitrogen and oxygen atoms in total. The second-order valence-corrected chi connectivity index (χ2v) is 9.93. The van der Waals surface area contributed by atoms with Crippen LogP contribution >= 0.6 is 11.3 Å². The average Bonchev–Trinajstić information content (AvgIpc) is 3.53. The lowest BCUT2D eigenvalue weighted by molar-refractivity contribution is 0.0958. The van der Waals surface area contributed by atoms with E-state index in [9.17, 15) is 4.79 Å². The number of carbonyl (C=O) groups excluding carboxylic acids is 1. The number of hydrogen-bond acceptors (Lipinski definition) is 6. The van der Waals surface area contributed by atoms with Gasteiger partial charge in [-0.15, -0.1) is 11.3 Å². The van der Waals surface area contributed by atoms with Gasteiger partial charge in [-0.1, -0.05) is 78.9 Å². The van der Waals surface area contributed by atoms with E-state index in [-0.39, 0.29) is 5.91 Å². The molecule has 6 rings (SSSR count). The molecule has 0 bridgehead atoms. The van der Waals surface area contributed by atoms with E-state index in [4.69, 9.17) is 5.73 Å². The van der Waals surface area contributed by atoms with Crippen molar-refractivity contribution < 1.29 is 4.79 Å². The van der Waals surface area contributed by atoms with Crippen LogP contribution in [0.25, 0.3) is 38.4 Å². The van der Waals surface area contributed by atoms with Gasteiger partial charge in [0.25, 0.3) is 5.91 Å². The van der Waals surface area contributed by atoms with E-state index in [2.05, 4.69) is 67.5 Å². The molecule has 0 spiro atoms. The van der Waals surface area contributed by atoms with Crippen molar-refractivity contribution in [2.45, 2.75) is 6.92 Å². The summed E-state index contributed by atoms with van der Waals surface area (Å²) in [4.78, 5) is 22.6. The van der Waals surface area contributed by atoms with Crippen LogP contribution in [-0.2, 0) is 0 Å². The van der Waals surface area contributed by atoms with Gasteiger partial charge in [-0.05, 0) is 41.8 Å². The summed E-state index contributed by atoms with van der Waals surface area (Å²) in [5, 5.41) is 5.09. The summed E-state index contributed by atoms with van der Waals surface area (Å²) in [6.45, 7) is 1.84. The van der Waals surface area contributed by atoms with Gasteiger partial charge < -0.3 is 10.3 Å². The number of fused-ring (bicyclic) bond motifs is 1. The lowest BCUT2D eigenvalue weighted by atomic mass is 10.1. The Bertz CT molecular complexity index is 1810. The largest absolute Gasteiger partial charge is 0.383 e. The summed E-state index contributed by atoms with van der Waals surface area (Å²) in [7, 11) is 0. The minimum Gasteiger partial charge on any atom is -0.383 e. The zero-order valence-corrected chi connectivity index (χ0v) is 21.9. The first-order valence-electron chi connectivity index (χ1n) is 12.4. The van der Waals surface area contributed by atoms with E-state index in [1.54, 1.807) is 6.21 Å². The highest BCUT2D eigenvalue weighted by Crippen LogP contribution is 2.35. The number of para-hydroxylation sites is 1. The highest BCUT2D eigenvalue weighted by Gasteiger charge is 2.20. The van der Waals surface area contributed by atoms with E-state index in [1.807, 2.05) is 61.5 Å². The number of anilines is 1. The molecule has 0 saturated carbocycles. The molecule has 6 aromatic rings. The Kier molecular flexibility index (Phi) is 6.44. The van der Waals surface area contributed by atoms with Crippen LogP contribution in [0.3, 0.4) is 0 Å². The van der Waals surface area contributed by atoms with Crippen LogP contribution in [0.1, 0.15) is 20.8 Å². The first-order chi connectivity index (χ1) is 19.1. The maximum Gasteiger partial charge on any atom is 0.281 e. The summed E-state index contributed by atoms with van der Waals surface area (Å²) in [5.74, 6) is 0.0395. The lowest BCUT2D eigenvalue weighted by Gasteiger charge is -2.15. The maximum absolute atomic E-state index is 13.1. The fourth-order valence-electron chi connectivity index (χ4n) is 4.71. The molecule has 0 aliphatic rings. The summed E-state index contributed by atoms with van der Waals surface area (Å²) in [6, 6.07) is 32.7. The molecule has 0 aliphatic carbocycles. The number of nitrogen functional groups attached to an aromatic ring is 1. The molecule has 0 radical (unpaired) electrons. The normalized spacial score (nSPS) is 11.3. The molecule has 3 aromatic carbocycles. The van der Waals surface area contributed by atoms with Crippen LogP contribution in [-0.4, -0.2) is 26.7 Å². The highest BCUT2D eigenvalue weighted by atomic mass is 32.1. The van der Waals surface area contributed by atoms with E-state index in [0.717, 1.165) is 39.3 Å². The fourth-order valence-corrected chi connectivity index (χ4v) is 5.76. The predicted octanol–water partition coefficient (Wildman–Crippen LogP) is 6.47. The van der Waals surface area contributed by atoms with Gasteiger partial charge >= 0.3 is 0 Å². The summed E-state index contributed by atoms with van der Waals surface area (Å²) in [5.41, 5.74) is 15.5. The Morgan fingerprint density at radius 1 is 0.923 bits per heavy atom.